The number of thiazole rings is 1. The number of halogens is 1. The molecule has 2 aromatic rings. The molecule has 0 amide bonds. The van der Waals surface area contributed by atoms with Crippen LogP contribution in [0.4, 0.5) is 0 Å². The van der Waals surface area contributed by atoms with Gasteiger partial charge >= 0.3 is 0 Å². The summed E-state index contributed by atoms with van der Waals surface area (Å²) < 4.78 is 0.829. The van der Waals surface area contributed by atoms with Crippen LogP contribution >= 0.6 is 27.3 Å². The molecule has 0 spiro atoms. The summed E-state index contributed by atoms with van der Waals surface area (Å²) in [5.74, 6) is 0. The number of hydrogen-bond donors (Lipinski definition) is 1. The molecule has 0 radical (unpaired) electrons. The quantitative estimate of drug-likeness (QED) is 0.922. The van der Waals surface area contributed by atoms with Gasteiger partial charge in [0.2, 0.25) is 0 Å². The summed E-state index contributed by atoms with van der Waals surface area (Å²) in [5.41, 5.74) is 1.78. The molecule has 2 rings (SSSR count). The topological polar surface area (TPSA) is 46.0 Å². The van der Waals surface area contributed by atoms with E-state index >= 15 is 0 Å². The Hall–Kier alpha value is -0.780. The first kappa shape index (κ1) is 14.6. The van der Waals surface area contributed by atoms with Crippen LogP contribution < -0.4 is 0 Å². The fourth-order valence-corrected chi connectivity index (χ4v) is 3.23. The SMILES string of the molecule is CC(C)(C)c1csc(CC(O)c2ncccc2Br)n1. The van der Waals surface area contributed by atoms with E-state index in [9.17, 15) is 5.11 Å². The molecule has 0 aliphatic carbocycles. The number of rotatable bonds is 3. The second-order valence-corrected chi connectivity index (χ2v) is 7.26. The second kappa shape index (κ2) is 5.69. The second-order valence-electron chi connectivity index (χ2n) is 5.47. The number of pyridine rings is 1. The summed E-state index contributed by atoms with van der Waals surface area (Å²) in [6, 6.07) is 3.72. The van der Waals surface area contributed by atoms with E-state index in [1.807, 2.05) is 12.1 Å². The summed E-state index contributed by atoms with van der Waals surface area (Å²) in [5, 5.41) is 13.2. The predicted molar refractivity (Wildman–Crippen MR) is 81.4 cm³/mol. The zero-order chi connectivity index (χ0) is 14.0. The zero-order valence-electron chi connectivity index (χ0n) is 11.2. The summed E-state index contributed by atoms with van der Waals surface area (Å²) >= 11 is 5.00. The minimum absolute atomic E-state index is 0.0469. The first-order chi connectivity index (χ1) is 8.88. The molecule has 0 aromatic carbocycles. The van der Waals surface area contributed by atoms with E-state index in [1.54, 1.807) is 17.5 Å². The lowest BCUT2D eigenvalue weighted by Gasteiger charge is -2.14. The van der Waals surface area contributed by atoms with Gasteiger partial charge in [0, 0.05) is 27.9 Å². The Morgan fingerprint density at radius 1 is 1.42 bits per heavy atom. The van der Waals surface area contributed by atoms with Gasteiger partial charge in [-0.2, -0.15) is 0 Å². The lowest BCUT2D eigenvalue weighted by atomic mass is 9.93. The molecule has 2 aromatic heterocycles. The Balaban J connectivity index is 2.14. The van der Waals surface area contributed by atoms with Gasteiger partial charge in [0.25, 0.3) is 0 Å². The van der Waals surface area contributed by atoms with Gasteiger partial charge in [-0.1, -0.05) is 20.8 Å². The number of aliphatic hydroxyl groups excluding tert-OH is 1. The monoisotopic (exact) mass is 340 g/mol. The van der Waals surface area contributed by atoms with Crippen LogP contribution in [0, 0.1) is 0 Å². The van der Waals surface area contributed by atoms with E-state index in [0.29, 0.717) is 12.1 Å². The van der Waals surface area contributed by atoms with Crippen LogP contribution in [-0.4, -0.2) is 15.1 Å². The molecule has 0 aliphatic heterocycles. The lowest BCUT2D eigenvalue weighted by Crippen LogP contribution is -2.12. The largest absolute Gasteiger partial charge is 0.386 e. The third kappa shape index (κ3) is 3.61. The van der Waals surface area contributed by atoms with Crippen LogP contribution in [-0.2, 0) is 11.8 Å². The molecule has 0 aliphatic rings. The average molecular weight is 341 g/mol. The van der Waals surface area contributed by atoms with Crippen molar-refractivity contribution in [3.63, 3.8) is 0 Å². The number of aromatic nitrogens is 2. The van der Waals surface area contributed by atoms with Gasteiger partial charge in [0.05, 0.1) is 16.4 Å². The molecule has 1 atom stereocenters. The maximum Gasteiger partial charge on any atom is 0.103 e. The Kier molecular flexibility index (Phi) is 4.38. The van der Waals surface area contributed by atoms with Gasteiger partial charge in [-0.05, 0) is 28.1 Å². The van der Waals surface area contributed by atoms with Crippen LogP contribution in [0.2, 0.25) is 0 Å². The van der Waals surface area contributed by atoms with Crippen molar-refractivity contribution in [2.75, 3.05) is 0 Å². The molecule has 5 heteroatoms. The highest BCUT2D eigenvalue weighted by Crippen LogP contribution is 2.28. The number of hydrogen-bond acceptors (Lipinski definition) is 4. The van der Waals surface area contributed by atoms with E-state index in [0.717, 1.165) is 15.2 Å². The summed E-state index contributed by atoms with van der Waals surface area (Å²) in [7, 11) is 0. The minimum atomic E-state index is -0.630. The predicted octanol–water partition coefficient (Wildman–Crippen LogP) is 3.87. The van der Waals surface area contributed by atoms with E-state index in [-0.39, 0.29) is 5.41 Å². The first-order valence-corrected chi connectivity index (χ1v) is 7.78. The van der Waals surface area contributed by atoms with Gasteiger partial charge in [-0.25, -0.2) is 4.98 Å². The van der Waals surface area contributed by atoms with Crippen molar-refractivity contribution in [3.05, 3.63) is 44.6 Å². The molecule has 1 unspecified atom stereocenters. The summed E-state index contributed by atoms with van der Waals surface area (Å²) in [6.45, 7) is 6.41. The third-order valence-electron chi connectivity index (χ3n) is 2.79. The average Bonchev–Trinajstić information content (AvgIpc) is 2.77. The van der Waals surface area contributed by atoms with Crippen molar-refractivity contribution in [1.82, 2.24) is 9.97 Å². The van der Waals surface area contributed by atoms with Crippen LogP contribution in [0.3, 0.4) is 0 Å². The van der Waals surface area contributed by atoms with Gasteiger partial charge in [-0.3, -0.25) is 4.98 Å². The molecule has 19 heavy (non-hydrogen) atoms. The van der Waals surface area contributed by atoms with Crippen LogP contribution in [0.5, 0.6) is 0 Å². The van der Waals surface area contributed by atoms with E-state index in [2.05, 4.69) is 52.0 Å². The molecule has 2 heterocycles. The lowest BCUT2D eigenvalue weighted by molar-refractivity contribution is 0.172. The van der Waals surface area contributed by atoms with Crippen molar-refractivity contribution >= 4 is 27.3 Å². The van der Waals surface area contributed by atoms with Crippen molar-refractivity contribution in [3.8, 4) is 0 Å². The Bertz CT molecular complexity index is 563. The summed E-state index contributed by atoms with van der Waals surface area (Å²) in [4.78, 5) is 8.80. The van der Waals surface area contributed by atoms with Crippen molar-refractivity contribution in [2.45, 2.75) is 38.7 Å². The molecule has 0 saturated carbocycles. The van der Waals surface area contributed by atoms with Gasteiger partial charge in [-0.15, -0.1) is 11.3 Å². The highest BCUT2D eigenvalue weighted by atomic mass is 79.9. The standard InChI is InChI=1S/C14H17BrN2OS/c1-14(2,3)11-8-19-12(17-11)7-10(18)13-9(15)5-4-6-16-13/h4-6,8,10,18H,7H2,1-3H3. The molecule has 1 N–H and O–H groups in total. The van der Waals surface area contributed by atoms with Crippen molar-refractivity contribution < 1.29 is 5.11 Å². The first-order valence-electron chi connectivity index (χ1n) is 6.11. The maximum absolute atomic E-state index is 10.2. The van der Waals surface area contributed by atoms with Crippen LogP contribution in [0.25, 0.3) is 0 Å². The molecular formula is C14H17BrN2OS. The molecular weight excluding hydrogens is 324 g/mol. The number of nitrogens with zero attached hydrogens (tertiary/aromatic N) is 2. The molecule has 0 fully saturated rings. The fraction of sp³-hybridized carbons (Fsp3) is 0.429. The summed E-state index contributed by atoms with van der Waals surface area (Å²) in [6.07, 6.45) is 1.55. The van der Waals surface area contributed by atoms with Crippen molar-refractivity contribution in [2.24, 2.45) is 0 Å². The Morgan fingerprint density at radius 3 is 2.74 bits per heavy atom. The van der Waals surface area contributed by atoms with Gasteiger partial charge in [0.15, 0.2) is 0 Å². The molecule has 0 saturated heterocycles. The third-order valence-corrected chi connectivity index (χ3v) is 4.33. The smallest absolute Gasteiger partial charge is 0.103 e. The minimum Gasteiger partial charge on any atom is -0.386 e. The maximum atomic E-state index is 10.2. The fourth-order valence-electron chi connectivity index (χ4n) is 1.65. The Morgan fingerprint density at radius 2 is 2.16 bits per heavy atom. The molecule has 3 nitrogen and oxygen atoms in total. The van der Waals surface area contributed by atoms with Crippen LogP contribution in [0.15, 0.2) is 28.2 Å². The van der Waals surface area contributed by atoms with E-state index in [4.69, 9.17) is 0 Å². The normalized spacial score (nSPS) is 13.5. The van der Waals surface area contributed by atoms with Gasteiger partial charge < -0.3 is 5.11 Å². The Labute approximate surface area is 125 Å². The van der Waals surface area contributed by atoms with E-state index in [1.165, 1.54) is 0 Å². The highest BCUT2D eigenvalue weighted by molar-refractivity contribution is 9.10. The molecule has 102 valence electrons. The van der Waals surface area contributed by atoms with Crippen molar-refractivity contribution in [1.29, 1.82) is 0 Å². The molecule has 0 bridgehead atoms. The zero-order valence-corrected chi connectivity index (χ0v) is 13.6. The van der Waals surface area contributed by atoms with Gasteiger partial charge in [0.1, 0.15) is 6.10 Å². The van der Waals surface area contributed by atoms with E-state index < -0.39 is 6.10 Å². The highest BCUT2D eigenvalue weighted by Gasteiger charge is 2.20. The number of aliphatic hydroxyl groups is 1. The van der Waals surface area contributed by atoms with Crippen LogP contribution in [0.1, 0.15) is 43.3 Å².